The highest BCUT2D eigenvalue weighted by molar-refractivity contribution is 8.13. The van der Waals surface area contributed by atoms with Crippen LogP contribution in [0.15, 0.2) is 35.2 Å². The zero-order valence-corrected chi connectivity index (χ0v) is 13.9. The van der Waals surface area contributed by atoms with Gasteiger partial charge in [-0.25, -0.2) is 0 Å². The number of Topliss-reactive ketones (excluding diaryl/α,β-unsaturated/α-hetero) is 2. The van der Waals surface area contributed by atoms with E-state index >= 15 is 0 Å². The van der Waals surface area contributed by atoms with Gasteiger partial charge in [0.25, 0.3) is 0 Å². The van der Waals surface area contributed by atoms with Crippen molar-refractivity contribution in [2.24, 2.45) is 0 Å². The summed E-state index contributed by atoms with van der Waals surface area (Å²) >= 11 is 0. The molecule has 0 radical (unpaired) electrons. The van der Waals surface area contributed by atoms with E-state index in [0.29, 0.717) is 24.4 Å². The second-order valence-corrected chi connectivity index (χ2v) is 9.87. The summed E-state index contributed by atoms with van der Waals surface area (Å²) in [6, 6.07) is 10.2. The largest absolute Gasteiger partial charge is 0.294 e. The second-order valence-electron chi connectivity index (χ2n) is 6.56. The molecule has 0 saturated heterocycles. The molecule has 2 unspecified atom stereocenters. The first kappa shape index (κ1) is 15.7. The summed E-state index contributed by atoms with van der Waals surface area (Å²) in [5.74, 6) is 5.32. The normalized spacial score (nSPS) is 29.1. The lowest BCUT2D eigenvalue weighted by Gasteiger charge is -2.36. The van der Waals surface area contributed by atoms with E-state index in [-0.39, 0.29) is 10.5 Å². The third-order valence-corrected chi connectivity index (χ3v) is 9.37. The Balaban J connectivity index is 2.07. The summed E-state index contributed by atoms with van der Waals surface area (Å²) < 4.78 is 0. The molecule has 2 aliphatic carbocycles. The van der Waals surface area contributed by atoms with Crippen molar-refractivity contribution in [1.29, 1.82) is 0 Å². The summed E-state index contributed by atoms with van der Waals surface area (Å²) in [6.45, 7) is 0. The van der Waals surface area contributed by atoms with E-state index in [4.69, 9.17) is 0 Å². The molecule has 0 bridgehead atoms. The molecule has 0 spiro atoms. The summed E-state index contributed by atoms with van der Waals surface area (Å²) in [7, 11) is -1.67. The third kappa shape index (κ3) is 2.71. The second kappa shape index (κ2) is 6.49. The van der Waals surface area contributed by atoms with Crippen LogP contribution >= 0.6 is 0 Å². The average Bonchev–Trinajstić information content (AvgIpc) is 2.56. The van der Waals surface area contributed by atoms with Crippen LogP contribution in [0.3, 0.4) is 0 Å². The molecule has 1 aromatic rings. The Kier molecular flexibility index (Phi) is 4.62. The van der Waals surface area contributed by atoms with E-state index in [9.17, 15) is 9.59 Å². The smallest absolute Gasteiger partial charge is 0.181 e. The van der Waals surface area contributed by atoms with Gasteiger partial charge in [-0.1, -0.05) is 27.8 Å². The fourth-order valence-corrected chi connectivity index (χ4v) is 8.06. The first-order valence-electron chi connectivity index (χ1n) is 8.38. The van der Waals surface area contributed by atoms with Gasteiger partial charge in [0.2, 0.25) is 0 Å². The Morgan fingerprint density at radius 1 is 0.818 bits per heavy atom. The number of benzene rings is 1. The Morgan fingerprint density at radius 2 is 1.32 bits per heavy atom. The molecule has 22 heavy (non-hydrogen) atoms. The Morgan fingerprint density at radius 3 is 1.77 bits per heavy atom. The van der Waals surface area contributed by atoms with Gasteiger partial charge in [-0.05, 0) is 50.7 Å². The van der Waals surface area contributed by atoms with Crippen molar-refractivity contribution in [2.75, 3.05) is 0 Å². The van der Waals surface area contributed by atoms with Crippen LogP contribution in [0, 0.1) is 0 Å². The van der Waals surface area contributed by atoms with Crippen LogP contribution in [0.2, 0.25) is 0 Å². The Labute approximate surface area is 134 Å². The van der Waals surface area contributed by atoms with Crippen molar-refractivity contribution >= 4 is 27.1 Å². The number of rotatable bonds is 3. The SMILES string of the molecule is C=[S+](c1ccccc1)(C1CCCCC1=O)C1CCCCC1=O. The molecule has 2 saturated carbocycles. The van der Waals surface area contributed by atoms with Gasteiger partial charge in [-0.2, -0.15) is 0 Å². The fraction of sp³-hybridized carbons (Fsp3) is 0.526. The molecule has 118 valence electrons. The van der Waals surface area contributed by atoms with Gasteiger partial charge in [-0.15, -0.1) is 0 Å². The zero-order valence-electron chi connectivity index (χ0n) is 13.1. The summed E-state index contributed by atoms with van der Waals surface area (Å²) in [5.41, 5.74) is 0. The predicted molar refractivity (Wildman–Crippen MR) is 93.7 cm³/mol. The van der Waals surface area contributed by atoms with Crippen LogP contribution in [0.1, 0.15) is 51.4 Å². The Hall–Kier alpha value is -1.22. The van der Waals surface area contributed by atoms with Gasteiger partial charge < -0.3 is 0 Å². The lowest BCUT2D eigenvalue weighted by atomic mass is 9.98. The van der Waals surface area contributed by atoms with Crippen molar-refractivity contribution < 1.29 is 9.59 Å². The lowest BCUT2D eigenvalue weighted by Crippen LogP contribution is -2.48. The molecular formula is C19H25O2S+. The fourth-order valence-electron chi connectivity index (χ4n) is 3.99. The minimum atomic E-state index is -1.67. The van der Waals surface area contributed by atoms with Gasteiger partial charge in [0.15, 0.2) is 11.6 Å². The molecule has 0 aliphatic heterocycles. The highest BCUT2D eigenvalue weighted by Crippen LogP contribution is 2.39. The van der Waals surface area contributed by atoms with Crippen LogP contribution in [-0.2, 0) is 19.2 Å². The topological polar surface area (TPSA) is 34.1 Å². The molecule has 2 aliphatic rings. The molecular weight excluding hydrogens is 292 g/mol. The van der Waals surface area contributed by atoms with E-state index in [1.165, 1.54) is 0 Å². The number of carbonyl (C=O) groups is 2. The summed E-state index contributed by atoms with van der Waals surface area (Å²) in [5, 5.41) is -0.0357. The first-order valence-corrected chi connectivity index (χ1v) is 10.3. The van der Waals surface area contributed by atoms with E-state index in [0.717, 1.165) is 43.4 Å². The van der Waals surface area contributed by atoms with Gasteiger partial charge >= 0.3 is 0 Å². The van der Waals surface area contributed by atoms with E-state index in [1.54, 1.807) is 0 Å². The molecule has 3 rings (SSSR count). The maximum absolute atomic E-state index is 12.6. The standard InChI is InChI=1S/C19H25O2S/c1-22(15-9-3-2-4-10-15,18-13-7-5-11-16(18)20)19-14-8-6-12-17(19)21/h2-4,9-10,18-19H,1,5-8,11-14H2/q+1. The predicted octanol–water partition coefficient (Wildman–Crippen LogP) is 3.65. The van der Waals surface area contributed by atoms with Gasteiger partial charge in [0, 0.05) is 18.7 Å². The van der Waals surface area contributed by atoms with E-state index < -0.39 is 9.62 Å². The number of ketones is 2. The van der Waals surface area contributed by atoms with Crippen molar-refractivity contribution in [3.8, 4) is 0 Å². The molecule has 0 aromatic heterocycles. The molecule has 0 heterocycles. The van der Waals surface area contributed by atoms with Crippen LogP contribution in [0.4, 0.5) is 0 Å². The van der Waals surface area contributed by atoms with E-state index in [2.05, 4.69) is 18.0 Å². The summed E-state index contributed by atoms with van der Waals surface area (Å²) in [4.78, 5) is 26.4. The highest BCUT2D eigenvalue weighted by atomic mass is 32.2. The first-order chi connectivity index (χ1) is 10.6. The lowest BCUT2D eigenvalue weighted by molar-refractivity contribution is -0.119. The molecule has 0 N–H and O–H groups in total. The number of carbonyl (C=O) groups excluding carboxylic acids is 2. The number of hydrogen-bond donors (Lipinski definition) is 0. The molecule has 3 heteroatoms. The maximum atomic E-state index is 12.6. The molecule has 2 nitrogen and oxygen atoms in total. The minimum Gasteiger partial charge on any atom is -0.294 e. The average molecular weight is 317 g/mol. The third-order valence-electron chi connectivity index (χ3n) is 5.19. The number of hydrogen-bond acceptors (Lipinski definition) is 2. The highest BCUT2D eigenvalue weighted by Gasteiger charge is 2.48. The Bertz CT molecular complexity index is 573. The van der Waals surface area contributed by atoms with Gasteiger partial charge in [0.05, 0.1) is 0 Å². The van der Waals surface area contributed by atoms with Gasteiger partial charge in [-0.3, -0.25) is 9.59 Å². The van der Waals surface area contributed by atoms with Gasteiger partial charge in [0.1, 0.15) is 15.4 Å². The molecule has 2 atom stereocenters. The quantitative estimate of drug-likeness (QED) is 0.630. The maximum Gasteiger partial charge on any atom is 0.181 e. The van der Waals surface area contributed by atoms with E-state index in [1.807, 2.05) is 18.2 Å². The molecule has 0 amide bonds. The zero-order chi connectivity index (χ0) is 15.6. The molecule has 1 aromatic carbocycles. The van der Waals surface area contributed by atoms with Crippen LogP contribution < -0.4 is 0 Å². The van der Waals surface area contributed by atoms with Crippen molar-refractivity contribution in [1.82, 2.24) is 0 Å². The van der Waals surface area contributed by atoms with Crippen LogP contribution in [0.5, 0.6) is 0 Å². The molecule has 2 fully saturated rings. The van der Waals surface area contributed by atoms with Crippen molar-refractivity contribution in [3.63, 3.8) is 0 Å². The summed E-state index contributed by atoms with van der Waals surface area (Å²) in [6.07, 6.45) is 7.34. The minimum absolute atomic E-state index is 0.0179. The monoisotopic (exact) mass is 317 g/mol. The van der Waals surface area contributed by atoms with Crippen molar-refractivity contribution in [2.45, 2.75) is 66.8 Å². The van der Waals surface area contributed by atoms with Crippen LogP contribution in [-0.4, -0.2) is 27.9 Å². The van der Waals surface area contributed by atoms with Crippen molar-refractivity contribution in [3.05, 3.63) is 30.3 Å². The van der Waals surface area contributed by atoms with Crippen LogP contribution in [0.25, 0.3) is 0 Å².